The first-order valence-electron chi connectivity index (χ1n) is 5.79. The fraction of sp³-hybridized carbons (Fsp3) is 0.154. The molecule has 3 rings (SSSR count). The maximum atomic E-state index is 11.9. The molecule has 102 valence electrons. The number of rotatable bonds is 1. The summed E-state index contributed by atoms with van der Waals surface area (Å²) in [6, 6.07) is 5.36. The van der Waals surface area contributed by atoms with Crippen molar-refractivity contribution in [2.45, 2.75) is 5.33 Å². The number of H-pyrrole nitrogens is 1. The van der Waals surface area contributed by atoms with Crippen LogP contribution in [0.25, 0.3) is 22.4 Å². The number of hydrogen-bond acceptors (Lipinski definition) is 3. The molecule has 0 aliphatic carbocycles. The highest BCUT2D eigenvalue weighted by Gasteiger charge is 2.15. The molecule has 1 aromatic rings. The SMILES string of the molecule is Cn1c2cc(=O)[nH]c(=O)c-2nc2cc(I)c(CBr)cc21. The van der Waals surface area contributed by atoms with E-state index in [9.17, 15) is 9.59 Å². The van der Waals surface area contributed by atoms with Crippen molar-refractivity contribution in [1.82, 2.24) is 14.5 Å². The minimum absolute atomic E-state index is 0.280. The van der Waals surface area contributed by atoms with Crippen molar-refractivity contribution >= 4 is 49.6 Å². The van der Waals surface area contributed by atoms with E-state index in [2.05, 4.69) is 48.5 Å². The molecule has 0 amide bonds. The zero-order valence-electron chi connectivity index (χ0n) is 10.4. The van der Waals surface area contributed by atoms with E-state index >= 15 is 0 Å². The number of alkyl halides is 1. The molecule has 0 spiro atoms. The molecule has 2 aliphatic heterocycles. The number of benzene rings is 1. The molecule has 2 heterocycles. The number of halogens is 2. The van der Waals surface area contributed by atoms with Gasteiger partial charge < -0.3 is 4.57 Å². The number of nitrogens with one attached hydrogen (secondary N) is 1. The third kappa shape index (κ3) is 2.08. The van der Waals surface area contributed by atoms with Gasteiger partial charge in [-0.2, -0.15) is 0 Å². The number of hydrogen-bond donors (Lipinski definition) is 1. The highest BCUT2D eigenvalue weighted by atomic mass is 127. The minimum Gasteiger partial charge on any atom is -0.341 e. The molecule has 0 saturated carbocycles. The van der Waals surface area contributed by atoms with Crippen molar-refractivity contribution < 1.29 is 0 Å². The first kappa shape index (κ1) is 13.7. The summed E-state index contributed by atoms with van der Waals surface area (Å²) >= 11 is 5.69. The summed E-state index contributed by atoms with van der Waals surface area (Å²) < 4.78 is 2.91. The largest absolute Gasteiger partial charge is 0.341 e. The normalized spacial score (nSPS) is 11.3. The fourth-order valence-corrected chi connectivity index (χ4v) is 3.81. The van der Waals surface area contributed by atoms with Crippen molar-refractivity contribution in [2.24, 2.45) is 7.05 Å². The molecule has 1 N–H and O–H groups in total. The number of aromatic nitrogens is 3. The standard InChI is InChI=1S/C13H9BrIN3O2/c1-18-9-2-6(5-14)7(15)3-8(9)16-12-10(18)4-11(19)17-13(12)20/h2-4H,5H2,1H3,(H,17,19,20). The highest BCUT2D eigenvalue weighted by Crippen LogP contribution is 2.25. The summed E-state index contributed by atoms with van der Waals surface area (Å²) in [6.07, 6.45) is 0. The zero-order chi connectivity index (χ0) is 14.4. The molecule has 0 aromatic heterocycles. The average Bonchev–Trinajstić information content (AvgIpc) is 2.40. The number of nitrogens with zero attached hydrogens (tertiary/aromatic N) is 2. The summed E-state index contributed by atoms with van der Waals surface area (Å²) in [4.78, 5) is 30.0. The van der Waals surface area contributed by atoms with Gasteiger partial charge >= 0.3 is 0 Å². The first-order valence-corrected chi connectivity index (χ1v) is 7.99. The van der Waals surface area contributed by atoms with E-state index in [1.54, 1.807) is 0 Å². The zero-order valence-corrected chi connectivity index (χ0v) is 14.1. The Kier molecular flexibility index (Phi) is 3.41. The quantitative estimate of drug-likeness (QED) is 0.355. The van der Waals surface area contributed by atoms with Crippen LogP contribution >= 0.6 is 38.5 Å². The molecule has 20 heavy (non-hydrogen) atoms. The Morgan fingerprint density at radius 2 is 2.10 bits per heavy atom. The van der Waals surface area contributed by atoms with Crippen molar-refractivity contribution in [2.75, 3.05) is 0 Å². The van der Waals surface area contributed by atoms with Crippen LogP contribution in [0.15, 0.2) is 27.8 Å². The first-order chi connectivity index (χ1) is 9.51. The number of pyridine rings is 1. The minimum atomic E-state index is -0.454. The van der Waals surface area contributed by atoms with Gasteiger partial charge in [0.25, 0.3) is 11.1 Å². The van der Waals surface area contributed by atoms with Gasteiger partial charge in [0, 0.05) is 22.0 Å². The van der Waals surface area contributed by atoms with Gasteiger partial charge in [-0.25, -0.2) is 4.98 Å². The Morgan fingerprint density at radius 3 is 2.80 bits per heavy atom. The summed E-state index contributed by atoms with van der Waals surface area (Å²) in [5.74, 6) is 0. The molecule has 5 nitrogen and oxygen atoms in total. The van der Waals surface area contributed by atoms with Gasteiger partial charge in [-0.05, 0) is 40.3 Å². The van der Waals surface area contributed by atoms with Crippen LogP contribution in [0.5, 0.6) is 0 Å². The van der Waals surface area contributed by atoms with Gasteiger partial charge in [0.15, 0.2) is 5.69 Å². The lowest BCUT2D eigenvalue weighted by atomic mass is 10.1. The lowest BCUT2D eigenvalue weighted by molar-refractivity contribution is 0.928. The topological polar surface area (TPSA) is 67.8 Å². The van der Waals surface area contributed by atoms with Gasteiger partial charge in [0.2, 0.25) is 0 Å². The summed E-state index contributed by atoms with van der Waals surface area (Å²) in [5, 5.41) is 0.738. The fourth-order valence-electron chi connectivity index (χ4n) is 2.19. The smallest absolute Gasteiger partial charge is 0.278 e. The van der Waals surface area contributed by atoms with E-state index in [0.29, 0.717) is 5.69 Å². The van der Waals surface area contributed by atoms with E-state index in [1.165, 1.54) is 6.07 Å². The molecule has 0 saturated heterocycles. The predicted molar refractivity (Wildman–Crippen MR) is 89.6 cm³/mol. The van der Waals surface area contributed by atoms with E-state index < -0.39 is 11.1 Å². The van der Waals surface area contributed by atoms with Crippen LogP contribution in [0.4, 0.5) is 0 Å². The number of fused-ring (bicyclic) bond motifs is 2. The second kappa shape index (κ2) is 4.96. The number of aryl methyl sites for hydroxylation is 1. The van der Waals surface area contributed by atoms with Crippen LogP contribution < -0.4 is 11.1 Å². The van der Waals surface area contributed by atoms with Crippen molar-refractivity contribution in [1.29, 1.82) is 0 Å². The molecule has 0 unspecified atom stereocenters. The van der Waals surface area contributed by atoms with E-state index in [1.807, 2.05) is 23.7 Å². The molecule has 0 fully saturated rings. The van der Waals surface area contributed by atoms with Gasteiger partial charge in [0.1, 0.15) is 0 Å². The molecule has 0 atom stereocenters. The molecule has 7 heteroatoms. The van der Waals surface area contributed by atoms with Gasteiger partial charge in [-0.1, -0.05) is 15.9 Å². The third-order valence-corrected chi connectivity index (χ3v) is 4.81. The second-order valence-electron chi connectivity index (χ2n) is 4.43. The van der Waals surface area contributed by atoms with Crippen LogP contribution in [-0.4, -0.2) is 14.5 Å². The Labute approximate surface area is 135 Å². The monoisotopic (exact) mass is 445 g/mol. The molecule has 1 aromatic carbocycles. The Morgan fingerprint density at radius 1 is 1.35 bits per heavy atom. The van der Waals surface area contributed by atoms with Crippen LogP contribution in [0, 0.1) is 3.57 Å². The predicted octanol–water partition coefficient (Wildman–Crippen LogP) is 2.23. The van der Waals surface area contributed by atoms with Crippen molar-refractivity contribution in [3.05, 3.63) is 48.0 Å². The van der Waals surface area contributed by atoms with Crippen molar-refractivity contribution in [3.63, 3.8) is 0 Å². The lowest BCUT2D eigenvalue weighted by Gasteiger charge is -2.14. The average molecular weight is 446 g/mol. The van der Waals surface area contributed by atoms with E-state index in [-0.39, 0.29) is 5.69 Å². The highest BCUT2D eigenvalue weighted by molar-refractivity contribution is 14.1. The Hall–Kier alpha value is -1.22. The van der Waals surface area contributed by atoms with Crippen LogP contribution in [0.3, 0.4) is 0 Å². The van der Waals surface area contributed by atoms with Crippen molar-refractivity contribution in [3.8, 4) is 11.4 Å². The van der Waals surface area contributed by atoms with E-state index in [4.69, 9.17) is 0 Å². The van der Waals surface area contributed by atoms with E-state index in [0.717, 1.165) is 25.5 Å². The Bertz CT molecular complexity index is 916. The van der Waals surface area contributed by atoms with Gasteiger partial charge in [0.05, 0.1) is 16.7 Å². The second-order valence-corrected chi connectivity index (χ2v) is 6.16. The van der Waals surface area contributed by atoms with Gasteiger partial charge in [-0.15, -0.1) is 0 Å². The van der Waals surface area contributed by atoms with Crippen LogP contribution in [-0.2, 0) is 12.4 Å². The maximum absolute atomic E-state index is 11.9. The molecular weight excluding hydrogens is 437 g/mol. The maximum Gasteiger partial charge on any atom is 0.278 e. The number of aromatic amines is 1. The van der Waals surface area contributed by atoms with Gasteiger partial charge in [-0.3, -0.25) is 14.6 Å². The van der Waals surface area contributed by atoms with Crippen LogP contribution in [0.2, 0.25) is 0 Å². The molecule has 0 bridgehead atoms. The molecular formula is C13H9BrIN3O2. The molecule has 0 radical (unpaired) electrons. The third-order valence-electron chi connectivity index (χ3n) is 3.20. The van der Waals surface area contributed by atoms with Crippen LogP contribution in [0.1, 0.15) is 5.56 Å². The lowest BCUT2D eigenvalue weighted by Crippen LogP contribution is -2.24. The molecule has 2 aliphatic rings. The summed E-state index contributed by atoms with van der Waals surface area (Å²) in [5.41, 5.74) is 2.71. The summed E-state index contributed by atoms with van der Waals surface area (Å²) in [6.45, 7) is 0. The Balaban J connectivity index is 2.55. The summed E-state index contributed by atoms with van der Waals surface area (Å²) in [7, 11) is 1.83.